The second kappa shape index (κ2) is 21.2. The molecule has 0 fully saturated rings. The Morgan fingerprint density at radius 2 is 0.446 bits per heavy atom. The van der Waals surface area contributed by atoms with Crippen molar-refractivity contribution in [3.8, 4) is 146 Å². The van der Waals surface area contributed by atoms with E-state index in [1.165, 1.54) is 0 Å². The molecule has 0 N–H and O–H groups in total. The lowest BCUT2D eigenvalue weighted by Crippen LogP contribution is -2.36. The molecule has 0 amide bonds. The van der Waals surface area contributed by atoms with Crippen LogP contribution in [0.2, 0.25) is 0 Å². The molecular weight excluding hydrogens is 1170 g/mol. The van der Waals surface area contributed by atoms with Crippen LogP contribution in [-0.4, -0.2) is 0 Å². The van der Waals surface area contributed by atoms with Crippen LogP contribution in [-0.2, 0) is 9.13 Å². The number of hydrogen-bond donors (Lipinski definition) is 0. The van der Waals surface area contributed by atoms with Crippen LogP contribution in [0, 0.1) is 0 Å². The van der Waals surface area contributed by atoms with Crippen LogP contribution in [0.3, 0.4) is 0 Å². The Morgan fingerprint density at radius 1 is 0.185 bits per heavy atom. The summed E-state index contributed by atoms with van der Waals surface area (Å²) in [5.41, 5.74) is 16.6. The third-order valence-corrected chi connectivity index (χ3v) is 24.6. The van der Waals surface area contributed by atoms with Crippen LogP contribution >= 0.6 is 14.3 Å². The molecular formula is C84H52O6P2. The zero-order valence-electron chi connectivity index (χ0n) is 49.4. The molecule has 0 saturated carbocycles. The van der Waals surface area contributed by atoms with E-state index >= 15 is 9.13 Å². The third-order valence-electron chi connectivity index (χ3n) is 18.4. The van der Waals surface area contributed by atoms with E-state index in [4.69, 9.17) is 18.9 Å². The molecule has 0 bridgehead atoms. The SMILES string of the molecule is O=P12c3ccc(-c4ccccc4)cc3Oc3c(-c4ccccc4)cc(-c4ccccc4)c(c31)Oc1cc(-c3cccc(-c4cccc(-c5cc(-c6ccccc6)c6c7c5Oc5ccc(-c8ccccc8)cc5P7(=O)c5cc(-c7ccccc7)ccc5O6)c4)c3)ccc12. The van der Waals surface area contributed by atoms with Crippen molar-refractivity contribution in [1.82, 2.24) is 0 Å². The molecule has 0 aromatic heterocycles. The fourth-order valence-corrected chi connectivity index (χ4v) is 20.1. The Bertz CT molecular complexity index is 5390. The number of ether oxygens (including phenoxy) is 4. The predicted molar refractivity (Wildman–Crippen MR) is 374 cm³/mol. The molecule has 14 aromatic carbocycles. The van der Waals surface area contributed by atoms with Gasteiger partial charge in [0.15, 0.2) is 14.3 Å². The smallest absolute Gasteiger partial charge is 0.185 e. The van der Waals surface area contributed by atoms with E-state index in [2.05, 4.69) is 170 Å². The van der Waals surface area contributed by atoms with Crippen molar-refractivity contribution in [1.29, 1.82) is 0 Å². The summed E-state index contributed by atoms with van der Waals surface area (Å²) in [6.07, 6.45) is 0. The molecule has 4 heterocycles. The maximum Gasteiger partial charge on any atom is 0.185 e. The van der Waals surface area contributed by atoms with Crippen molar-refractivity contribution in [2.45, 2.75) is 0 Å². The Balaban J connectivity index is 0.780. The molecule has 0 radical (unpaired) electrons. The van der Waals surface area contributed by atoms with Crippen LogP contribution in [0.15, 0.2) is 315 Å². The van der Waals surface area contributed by atoms with Crippen LogP contribution in [0.1, 0.15) is 0 Å². The van der Waals surface area contributed by atoms with Gasteiger partial charge in [-0.2, -0.15) is 0 Å². The highest BCUT2D eigenvalue weighted by atomic mass is 31.2. The average Bonchev–Trinajstić information content (AvgIpc) is 0.696. The van der Waals surface area contributed by atoms with Crippen molar-refractivity contribution in [3.05, 3.63) is 315 Å². The second-order valence-electron chi connectivity index (χ2n) is 23.7. The summed E-state index contributed by atoms with van der Waals surface area (Å²) in [7, 11) is -7.52. The second-order valence-corrected chi connectivity index (χ2v) is 28.9. The monoisotopic (exact) mass is 1220 g/mol. The van der Waals surface area contributed by atoms with Gasteiger partial charge in [0, 0.05) is 22.3 Å². The van der Waals surface area contributed by atoms with Gasteiger partial charge in [0.1, 0.15) is 56.6 Å². The van der Waals surface area contributed by atoms with Crippen molar-refractivity contribution < 1.29 is 28.1 Å². The summed E-state index contributed by atoms with van der Waals surface area (Å²) in [5, 5.41) is 3.60. The maximum absolute atomic E-state index is 17.4. The molecule has 8 heteroatoms. The molecule has 18 rings (SSSR count). The highest BCUT2D eigenvalue weighted by molar-refractivity contribution is 7.86. The Labute approximate surface area is 532 Å². The first-order valence-electron chi connectivity index (χ1n) is 30.8. The molecule has 14 aromatic rings. The molecule has 6 nitrogen and oxygen atoms in total. The maximum atomic E-state index is 17.4. The Hall–Kier alpha value is -11.3. The van der Waals surface area contributed by atoms with Crippen molar-refractivity contribution in [2.24, 2.45) is 0 Å². The minimum atomic E-state index is -3.80. The van der Waals surface area contributed by atoms with Gasteiger partial charge in [0.25, 0.3) is 0 Å². The van der Waals surface area contributed by atoms with Gasteiger partial charge in [-0.05, 0) is 151 Å². The molecule has 2 atom stereocenters. The van der Waals surface area contributed by atoms with Gasteiger partial charge in [-0.15, -0.1) is 0 Å². The van der Waals surface area contributed by atoms with Gasteiger partial charge in [-0.1, -0.05) is 243 Å². The molecule has 0 aliphatic carbocycles. The van der Waals surface area contributed by atoms with E-state index in [1.54, 1.807) is 0 Å². The first kappa shape index (κ1) is 53.7. The van der Waals surface area contributed by atoms with Gasteiger partial charge < -0.3 is 28.1 Å². The van der Waals surface area contributed by atoms with Crippen LogP contribution in [0.4, 0.5) is 0 Å². The normalized spacial score (nSPS) is 15.7. The lowest BCUT2D eigenvalue weighted by atomic mass is 9.93. The lowest BCUT2D eigenvalue weighted by molar-refractivity contribution is 0.463. The fraction of sp³-hybridized carbons (Fsp3) is 0. The summed E-state index contributed by atoms with van der Waals surface area (Å²) < 4.78 is 63.2. The molecule has 434 valence electrons. The van der Waals surface area contributed by atoms with Gasteiger partial charge in [0.05, 0.1) is 21.2 Å². The first-order valence-corrected chi connectivity index (χ1v) is 34.2. The number of fused-ring (bicyclic) bond motifs is 8. The highest BCUT2D eigenvalue weighted by Gasteiger charge is 2.51. The van der Waals surface area contributed by atoms with E-state index < -0.39 is 14.3 Å². The zero-order chi connectivity index (χ0) is 61.1. The first-order chi connectivity index (χ1) is 45.3. The Morgan fingerprint density at radius 3 is 0.826 bits per heavy atom. The quantitative estimate of drug-likeness (QED) is 0.134. The van der Waals surface area contributed by atoms with Gasteiger partial charge >= 0.3 is 0 Å². The lowest BCUT2D eigenvalue weighted by Gasteiger charge is -2.37. The average molecular weight is 1220 g/mol. The standard InChI is InChI=1S/C84H52O6P2/c85-91-75-43-39-62(53-21-7-1-8-22-53)47-73(75)89-80-67(56-27-13-4-14-28-56)51-68(57-29-15-5-16-30-57)81(83(80)91)90-74-48-63(40-44-76(74)91)60-34-19-33-59(45-60)61-35-20-36-66(46-61)70-52-69(58-31-17-6-18-32-58)79-84-82(70)88-72-42-38-65(55-25-11-3-12-26-55)50-78(72)92(84,86)77-49-64(37-41-71(77)87-79)54-23-9-2-10-24-54/h1-52H. The zero-order valence-corrected chi connectivity index (χ0v) is 51.2. The fourth-order valence-electron chi connectivity index (χ4n) is 13.9. The van der Waals surface area contributed by atoms with E-state index in [0.29, 0.717) is 77.8 Å². The number of benzene rings is 14. The van der Waals surface area contributed by atoms with E-state index in [9.17, 15) is 0 Å². The molecule has 92 heavy (non-hydrogen) atoms. The predicted octanol–water partition coefficient (Wildman–Crippen LogP) is 20.4. The summed E-state index contributed by atoms with van der Waals surface area (Å²) in [6, 6.07) is 107. The van der Waals surface area contributed by atoms with Gasteiger partial charge in [-0.25, -0.2) is 0 Å². The van der Waals surface area contributed by atoms with Crippen LogP contribution in [0.25, 0.3) is 100 Å². The van der Waals surface area contributed by atoms with E-state index in [-0.39, 0.29) is 0 Å². The Kier molecular flexibility index (Phi) is 12.4. The largest absolute Gasteiger partial charge is 0.455 e. The summed E-state index contributed by atoms with van der Waals surface area (Å²) in [6.45, 7) is 0. The topological polar surface area (TPSA) is 71.1 Å². The molecule has 4 aliphatic rings. The van der Waals surface area contributed by atoms with E-state index in [1.807, 2.05) is 146 Å². The van der Waals surface area contributed by atoms with Gasteiger partial charge in [-0.3, -0.25) is 0 Å². The molecule has 4 aliphatic heterocycles. The van der Waals surface area contributed by atoms with E-state index in [0.717, 1.165) is 100 Å². The van der Waals surface area contributed by atoms with Crippen molar-refractivity contribution in [2.75, 3.05) is 0 Å². The molecule has 0 saturated heterocycles. The van der Waals surface area contributed by atoms with Crippen LogP contribution in [0.5, 0.6) is 46.0 Å². The van der Waals surface area contributed by atoms with Crippen LogP contribution < -0.4 is 50.8 Å². The van der Waals surface area contributed by atoms with Crippen molar-refractivity contribution >= 4 is 46.1 Å². The summed E-state index contributed by atoms with van der Waals surface area (Å²) in [5.74, 6) is 4.25. The number of hydrogen-bond acceptors (Lipinski definition) is 6. The molecule has 2 unspecified atom stereocenters. The third kappa shape index (κ3) is 8.49. The minimum absolute atomic E-state index is 0.502. The van der Waals surface area contributed by atoms with Gasteiger partial charge in [0.2, 0.25) is 0 Å². The summed E-state index contributed by atoms with van der Waals surface area (Å²) >= 11 is 0. The highest BCUT2D eigenvalue weighted by Crippen LogP contribution is 2.64. The minimum Gasteiger partial charge on any atom is -0.455 e. The molecule has 0 spiro atoms. The summed E-state index contributed by atoms with van der Waals surface area (Å²) in [4.78, 5) is 0. The number of rotatable bonds is 9. The van der Waals surface area contributed by atoms with Crippen molar-refractivity contribution in [3.63, 3.8) is 0 Å².